The molecule has 0 aromatic carbocycles. The standard InChI is InChI=1S/C9H15F2N/c1-9(2-3-9)6-12-4-7(10)8(11)5-12/h7-8H,2-6H2,1H3. The average molecular weight is 175 g/mol. The average Bonchev–Trinajstić information content (AvgIpc) is 2.59. The maximum Gasteiger partial charge on any atom is 0.145 e. The molecule has 0 amide bonds. The quantitative estimate of drug-likeness (QED) is 0.618. The van der Waals surface area contributed by atoms with Crippen molar-refractivity contribution in [1.29, 1.82) is 0 Å². The van der Waals surface area contributed by atoms with E-state index in [9.17, 15) is 8.78 Å². The molecule has 0 radical (unpaired) electrons. The van der Waals surface area contributed by atoms with E-state index in [1.165, 1.54) is 12.8 Å². The summed E-state index contributed by atoms with van der Waals surface area (Å²) in [6.07, 6.45) is -0.0471. The number of hydrogen-bond acceptors (Lipinski definition) is 1. The van der Waals surface area contributed by atoms with E-state index in [-0.39, 0.29) is 0 Å². The Morgan fingerprint density at radius 3 is 2.17 bits per heavy atom. The summed E-state index contributed by atoms with van der Waals surface area (Å²) in [6, 6.07) is 0. The minimum atomic E-state index is -1.24. The van der Waals surface area contributed by atoms with Gasteiger partial charge in [-0.15, -0.1) is 0 Å². The van der Waals surface area contributed by atoms with Gasteiger partial charge in [0.05, 0.1) is 0 Å². The highest BCUT2D eigenvalue weighted by atomic mass is 19.2. The number of nitrogens with zero attached hydrogens (tertiary/aromatic N) is 1. The molecule has 2 unspecified atom stereocenters. The van der Waals surface area contributed by atoms with Gasteiger partial charge in [0.25, 0.3) is 0 Å². The minimum absolute atomic E-state index is 0.302. The van der Waals surface area contributed by atoms with Gasteiger partial charge in [-0.3, -0.25) is 4.90 Å². The van der Waals surface area contributed by atoms with Gasteiger partial charge in [-0.05, 0) is 18.3 Å². The zero-order valence-corrected chi connectivity index (χ0v) is 7.39. The second-order valence-corrected chi connectivity index (χ2v) is 4.54. The van der Waals surface area contributed by atoms with Crippen molar-refractivity contribution >= 4 is 0 Å². The third kappa shape index (κ3) is 1.60. The van der Waals surface area contributed by atoms with Crippen LogP contribution in [0.25, 0.3) is 0 Å². The van der Waals surface area contributed by atoms with Gasteiger partial charge in [0.15, 0.2) is 0 Å². The van der Waals surface area contributed by atoms with E-state index in [1.807, 2.05) is 4.90 Å². The SMILES string of the molecule is CC1(CN2CC(F)C(F)C2)CC1. The van der Waals surface area contributed by atoms with Crippen LogP contribution in [0.3, 0.4) is 0 Å². The lowest BCUT2D eigenvalue weighted by molar-refractivity contribution is 0.217. The van der Waals surface area contributed by atoms with E-state index in [0.29, 0.717) is 18.5 Å². The van der Waals surface area contributed by atoms with Gasteiger partial charge in [0, 0.05) is 19.6 Å². The van der Waals surface area contributed by atoms with E-state index in [1.54, 1.807) is 0 Å². The molecule has 1 aliphatic heterocycles. The van der Waals surface area contributed by atoms with Crippen LogP contribution in [0.1, 0.15) is 19.8 Å². The van der Waals surface area contributed by atoms with Gasteiger partial charge < -0.3 is 0 Å². The molecule has 2 fully saturated rings. The predicted molar refractivity (Wildman–Crippen MR) is 43.6 cm³/mol. The predicted octanol–water partition coefficient (Wildman–Crippen LogP) is 1.78. The van der Waals surface area contributed by atoms with Crippen molar-refractivity contribution in [3.63, 3.8) is 0 Å². The highest BCUT2D eigenvalue weighted by Gasteiger charge is 2.42. The lowest BCUT2D eigenvalue weighted by Crippen LogP contribution is -2.27. The summed E-state index contributed by atoms with van der Waals surface area (Å²) in [4.78, 5) is 1.92. The van der Waals surface area contributed by atoms with E-state index >= 15 is 0 Å². The molecule has 3 heteroatoms. The normalized spacial score (nSPS) is 40.2. The number of rotatable bonds is 2. The minimum Gasteiger partial charge on any atom is -0.297 e. The van der Waals surface area contributed by atoms with Gasteiger partial charge in [-0.2, -0.15) is 0 Å². The fraction of sp³-hybridized carbons (Fsp3) is 1.00. The third-order valence-electron chi connectivity index (χ3n) is 2.97. The van der Waals surface area contributed by atoms with E-state index in [4.69, 9.17) is 0 Å². The lowest BCUT2D eigenvalue weighted by Gasteiger charge is -2.18. The Morgan fingerprint density at radius 2 is 1.75 bits per heavy atom. The first kappa shape index (κ1) is 8.42. The van der Waals surface area contributed by atoms with Crippen molar-refractivity contribution in [1.82, 2.24) is 4.90 Å². The van der Waals surface area contributed by atoms with E-state index in [2.05, 4.69) is 6.92 Å². The summed E-state index contributed by atoms with van der Waals surface area (Å²) in [6.45, 7) is 3.67. The fourth-order valence-corrected chi connectivity index (χ4v) is 1.84. The van der Waals surface area contributed by atoms with Gasteiger partial charge in [0.1, 0.15) is 12.3 Å². The van der Waals surface area contributed by atoms with E-state index < -0.39 is 12.3 Å². The first-order valence-electron chi connectivity index (χ1n) is 4.60. The molecule has 1 heterocycles. The number of halogens is 2. The maximum absolute atomic E-state index is 12.7. The number of alkyl halides is 2. The lowest BCUT2D eigenvalue weighted by atomic mass is 10.1. The molecular formula is C9H15F2N. The summed E-state index contributed by atoms with van der Waals surface area (Å²) in [7, 11) is 0. The van der Waals surface area contributed by atoms with Crippen molar-refractivity contribution in [3.8, 4) is 0 Å². The molecule has 12 heavy (non-hydrogen) atoms. The monoisotopic (exact) mass is 175 g/mol. The van der Waals surface area contributed by atoms with E-state index in [0.717, 1.165) is 6.54 Å². The maximum atomic E-state index is 12.7. The van der Waals surface area contributed by atoms with Gasteiger partial charge in [-0.25, -0.2) is 8.78 Å². The fourth-order valence-electron chi connectivity index (χ4n) is 1.84. The Morgan fingerprint density at radius 1 is 1.25 bits per heavy atom. The molecule has 0 aromatic heterocycles. The van der Waals surface area contributed by atoms with Crippen LogP contribution >= 0.6 is 0 Å². The first-order chi connectivity index (χ1) is 5.59. The van der Waals surface area contributed by atoms with Crippen molar-refractivity contribution < 1.29 is 8.78 Å². The van der Waals surface area contributed by atoms with Crippen LogP contribution in [0.2, 0.25) is 0 Å². The van der Waals surface area contributed by atoms with Crippen LogP contribution in [-0.4, -0.2) is 36.9 Å². The summed E-state index contributed by atoms with van der Waals surface area (Å²) in [5.74, 6) is 0. The van der Waals surface area contributed by atoms with Gasteiger partial charge >= 0.3 is 0 Å². The van der Waals surface area contributed by atoms with Crippen LogP contribution in [-0.2, 0) is 0 Å². The van der Waals surface area contributed by atoms with Crippen molar-refractivity contribution in [3.05, 3.63) is 0 Å². The molecule has 2 atom stereocenters. The number of hydrogen-bond donors (Lipinski definition) is 0. The highest BCUT2D eigenvalue weighted by Crippen LogP contribution is 2.46. The van der Waals surface area contributed by atoms with Gasteiger partial charge in [-0.1, -0.05) is 6.92 Å². The van der Waals surface area contributed by atoms with Crippen LogP contribution in [0, 0.1) is 5.41 Å². The third-order valence-corrected chi connectivity index (χ3v) is 2.97. The summed E-state index contributed by atoms with van der Waals surface area (Å²) in [5, 5.41) is 0. The van der Waals surface area contributed by atoms with Crippen LogP contribution in [0.15, 0.2) is 0 Å². The second-order valence-electron chi connectivity index (χ2n) is 4.54. The molecule has 0 bridgehead atoms. The molecular weight excluding hydrogens is 160 g/mol. The van der Waals surface area contributed by atoms with Crippen molar-refractivity contribution in [2.45, 2.75) is 32.1 Å². The molecule has 0 spiro atoms. The molecule has 1 nitrogen and oxygen atoms in total. The zero-order chi connectivity index (χ0) is 8.77. The Kier molecular flexibility index (Phi) is 1.86. The molecule has 1 saturated carbocycles. The largest absolute Gasteiger partial charge is 0.297 e. The van der Waals surface area contributed by atoms with Gasteiger partial charge in [0.2, 0.25) is 0 Å². The summed E-state index contributed by atoms with van der Waals surface area (Å²) < 4.78 is 25.5. The summed E-state index contributed by atoms with van der Waals surface area (Å²) >= 11 is 0. The Labute approximate surface area is 71.7 Å². The molecule has 2 aliphatic rings. The second kappa shape index (κ2) is 2.66. The highest BCUT2D eigenvalue weighted by molar-refractivity contribution is 4.94. The molecule has 1 aliphatic carbocycles. The molecule has 70 valence electrons. The number of likely N-dealkylation sites (tertiary alicyclic amines) is 1. The van der Waals surface area contributed by atoms with Crippen molar-refractivity contribution in [2.24, 2.45) is 5.41 Å². The first-order valence-corrected chi connectivity index (χ1v) is 4.60. The topological polar surface area (TPSA) is 3.24 Å². The van der Waals surface area contributed by atoms with Crippen LogP contribution < -0.4 is 0 Å². The zero-order valence-electron chi connectivity index (χ0n) is 7.39. The molecule has 2 rings (SSSR count). The van der Waals surface area contributed by atoms with Crippen LogP contribution in [0.4, 0.5) is 8.78 Å². The molecule has 0 aromatic rings. The molecule has 1 saturated heterocycles. The van der Waals surface area contributed by atoms with Crippen molar-refractivity contribution in [2.75, 3.05) is 19.6 Å². The van der Waals surface area contributed by atoms with Crippen LogP contribution in [0.5, 0.6) is 0 Å². The summed E-state index contributed by atoms with van der Waals surface area (Å²) in [5.41, 5.74) is 0.379. The molecule has 0 N–H and O–H groups in total. The Bertz CT molecular complexity index is 169. The smallest absolute Gasteiger partial charge is 0.145 e. The Balaban J connectivity index is 1.83. The Hall–Kier alpha value is -0.180.